The molecule has 134 valence electrons. The quantitative estimate of drug-likeness (QED) is 0.480. The van der Waals surface area contributed by atoms with Crippen molar-refractivity contribution in [3.63, 3.8) is 0 Å². The fourth-order valence-electron chi connectivity index (χ4n) is 2.79. The van der Waals surface area contributed by atoms with E-state index in [1.807, 2.05) is 78.9 Å². The lowest BCUT2D eigenvalue weighted by Gasteiger charge is -2.09. The summed E-state index contributed by atoms with van der Waals surface area (Å²) < 4.78 is 5.75. The van der Waals surface area contributed by atoms with Gasteiger partial charge in [-0.05, 0) is 29.3 Å². The molecule has 5 heteroatoms. The van der Waals surface area contributed by atoms with Crippen molar-refractivity contribution >= 4 is 28.8 Å². The molecule has 0 atom stereocenters. The second-order valence-electron chi connectivity index (χ2n) is 6.06. The fraction of sp³-hybridized carbons (Fsp3) is 0.0909. The van der Waals surface area contributed by atoms with E-state index in [0.29, 0.717) is 23.1 Å². The van der Waals surface area contributed by atoms with Gasteiger partial charge in [0.1, 0.15) is 5.52 Å². The van der Waals surface area contributed by atoms with Gasteiger partial charge in [0.15, 0.2) is 5.58 Å². The zero-order valence-electron chi connectivity index (χ0n) is 14.6. The molecule has 0 radical (unpaired) electrons. The molecule has 1 heterocycles. The molecule has 0 bridgehead atoms. The molecular formula is C22H18N2O2S. The number of amides is 1. The summed E-state index contributed by atoms with van der Waals surface area (Å²) in [5, 5.41) is 3.60. The summed E-state index contributed by atoms with van der Waals surface area (Å²) in [5.41, 5.74) is 4.32. The molecule has 0 unspecified atom stereocenters. The fourth-order valence-corrected chi connectivity index (χ4v) is 3.64. The molecule has 1 N–H and O–H groups in total. The number of benzene rings is 3. The summed E-state index contributed by atoms with van der Waals surface area (Å²) in [4.78, 5) is 17.1. The Hall–Kier alpha value is -3.05. The minimum Gasteiger partial charge on any atom is -0.431 e. The SMILES string of the molecule is O=C(NCc1ccccc1)c1ccccc1CSc1nc2ccccc2o1. The van der Waals surface area contributed by atoms with Gasteiger partial charge in [-0.3, -0.25) is 4.79 Å². The molecule has 0 aliphatic heterocycles. The van der Waals surface area contributed by atoms with Crippen molar-refractivity contribution in [2.24, 2.45) is 0 Å². The maximum Gasteiger partial charge on any atom is 0.257 e. The maximum absolute atomic E-state index is 12.6. The standard InChI is InChI=1S/C22H18N2O2S/c25-21(23-14-16-8-2-1-3-9-16)18-11-5-4-10-17(18)15-27-22-24-19-12-6-7-13-20(19)26-22/h1-13H,14-15H2,(H,23,25). The molecule has 0 spiro atoms. The monoisotopic (exact) mass is 374 g/mol. The number of nitrogens with zero attached hydrogens (tertiary/aromatic N) is 1. The number of carbonyl (C=O) groups excluding carboxylic acids is 1. The van der Waals surface area contributed by atoms with Gasteiger partial charge >= 0.3 is 0 Å². The van der Waals surface area contributed by atoms with Crippen LogP contribution in [-0.4, -0.2) is 10.9 Å². The third-order valence-corrected chi connectivity index (χ3v) is 5.06. The smallest absolute Gasteiger partial charge is 0.257 e. The average Bonchev–Trinajstić information content (AvgIpc) is 3.14. The summed E-state index contributed by atoms with van der Waals surface area (Å²) in [6, 6.07) is 25.2. The molecule has 0 saturated carbocycles. The number of para-hydroxylation sites is 2. The lowest BCUT2D eigenvalue weighted by Crippen LogP contribution is -2.23. The van der Waals surface area contributed by atoms with E-state index < -0.39 is 0 Å². The number of oxazole rings is 1. The Morgan fingerprint density at radius 3 is 2.52 bits per heavy atom. The lowest BCUT2D eigenvalue weighted by molar-refractivity contribution is 0.0950. The van der Waals surface area contributed by atoms with E-state index in [4.69, 9.17) is 4.42 Å². The number of carbonyl (C=O) groups is 1. The second kappa shape index (κ2) is 8.10. The van der Waals surface area contributed by atoms with Crippen molar-refractivity contribution in [2.75, 3.05) is 0 Å². The largest absolute Gasteiger partial charge is 0.431 e. The minimum atomic E-state index is -0.0763. The van der Waals surface area contributed by atoms with Crippen molar-refractivity contribution in [1.82, 2.24) is 10.3 Å². The van der Waals surface area contributed by atoms with Gasteiger partial charge in [0, 0.05) is 17.9 Å². The van der Waals surface area contributed by atoms with Gasteiger partial charge in [0.2, 0.25) is 0 Å². The van der Waals surface area contributed by atoms with Crippen LogP contribution in [-0.2, 0) is 12.3 Å². The van der Waals surface area contributed by atoms with Gasteiger partial charge in [-0.25, -0.2) is 4.98 Å². The molecule has 0 saturated heterocycles. The van der Waals surface area contributed by atoms with E-state index in [0.717, 1.165) is 22.2 Å². The topological polar surface area (TPSA) is 55.1 Å². The Morgan fingerprint density at radius 1 is 0.926 bits per heavy atom. The van der Waals surface area contributed by atoms with E-state index in [-0.39, 0.29) is 5.91 Å². The first-order valence-electron chi connectivity index (χ1n) is 8.68. The molecule has 0 aliphatic carbocycles. The van der Waals surface area contributed by atoms with Gasteiger partial charge in [0.25, 0.3) is 11.1 Å². The van der Waals surface area contributed by atoms with Crippen LogP contribution >= 0.6 is 11.8 Å². The van der Waals surface area contributed by atoms with Crippen molar-refractivity contribution in [3.8, 4) is 0 Å². The molecule has 3 aromatic carbocycles. The third-order valence-electron chi connectivity index (χ3n) is 4.18. The highest BCUT2D eigenvalue weighted by Gasteiger charge is 2.13. The number of aromatic nitrogens is 1. The van der Waals surface area contributed by atoms with Crippen molar-refractivity contribution < 1.29 is 9.21 Å². The predicted octanol–water partition coefficient (Wildman–Crippen LogP) is 5.05. The van der Waals surface area contributed by atoms with Crippen LogP contribution in [0, 0.1) is 0 Å². The maximum atomic E-state index is 12.6. The molecule has 1 aromatic heterocycles. The zero-order chi connectivity index (χ0) is 18.5. The normalized spacial score (nSPS) is 10.8. The van der Waals surface area contributed by atoms with Crippen LogP contribution in [0.4, 0.5) is 0 Å². The average molecular weight is 374 g/mol. The van der Waals surface area contributed by atoms with Crippen LogP contribution in [0.3, 0.4) is 0 Å². The van der Waals surface area contributed by atoms with E-state index in [1.54, 1.807) is 0 Å². The van der Waals surface area contributed by atoms with Gasteiger partial charge < -0.3 is 9.73 Å². The Kier molecular flexibility index (Phi) is 5.21. The van der Waals surface area contributed by atoms with Crippen LogP contribution in [0.1, 0.15) is 21.5 Å². The molecule has 0 fully saturated rings. The van der Waals surface area contributed by atoms with Crippen LogP contribution in [0.5, 0.6) is 0 Å². The van der Waals surface area contributed by atoms with Crippen molar-refractivity contribution in [2.45, 2.75) is 17.5 Å². The van der Waals surface area contributed by atoms with Gasteiger partial charge in [-0.2, -0.15) is 0 Å². The number of rotatable bonds is 6. The first-order chi connectivity index (χ1) is 13.3. The number of nitrogens with one attached hydrogen (secondary N) is 1. The summed E-state index contributed by atoms with van der Waals surface area (Å²) in [5.74, 6) is 0.537. The Morgan fingerprint density at radius 2 is 1.67 bits per heavy atom. The van der Waals surface area contributed by atoms with Crippen LogP contribution < -0.4 is 5.32 Å². The molecule has 27 heavy (non-hydrogen) atoms. The van der Waals surface area contributed by atoms with E-state index >= 15 is 0 Å². The number of hydrogen-bond donors (Lipinski definition) is 1. The highest BCUT2D eigenvalue weighted by Crippen LogP contribution is 2.27. The summed E-state index contributed by atoms with van der Waals surface area (Å²) in [6.45, 7) is 0.506. The molecule has 4 nitrogen and oxygen atoms in total. The Labute approximate surface area is 161 Å². The summed E-state index contributed by atoms with van der Waals surface area (Å²) in [6.07, 6.45) is 0. The highest BCUT2D eigenvalue weighted by atomic mass is 32.2. The van der Waals surface area contributed by atoms with E-state index in [2.05, 4.69) is 10.3 Å². The van der Waals surface area contributed by atoms with E-state index in [9.17, 15) is 4.79 Å². The zero-order valence-corrected chi connectivity index (χ0v) is 15.4. The minimum absolute atomic E-state index is 0.0763. The highest BCUT2D eigenvalue weighted by molar-refractivity contribution is 7.98. The molecule has 0 aliphatic rings. The van der Waals surface area contributed by atoms with Crippen molar-refractivity contribution in [3.05, 3.63) is 95.6 Å². The van der Waals surface area contributed by atoms with E-state index in [1.165, 1.54) is 11.8 Å². The van der Waals surface area contributed by atoms with Gasteiger partial charge in [-0.15, -0.1) is 0 Å². The summed E-state index contributed by atoms with van der Waals surface area (Å²) >= 11 is 1.49. The Balaban J connectivity index is 1.44. The van der Waals surface area contributed by atoms with Crippen molar-refractivity contribution in [1.29, 1.82) is 0 Å². The lowest BCUT2D eigenvalue weighted by atomic mass is 10.1. The first kappa shape index (κ1) is 17.4. The molecule has 4 aromatic rings. The molecular weight excluding hydrogens is 356 g/mol. The predicted molar refractivity (Wildman–Crippen MR) is 108 cm³/mol. The van der Waals surface area contributed by atoms with Gasteiger partial charge in [0.05, 0.1) is 0 Å². The van der Waals surface area contributed by atoms with Crippen LogP contribution in [0.25, 0.3) is 11.1 Å². The van der Waals surface area contributed by atoms with Crippen LogP contribution in [0.15, 0.2) is 88.5 Å². The first-order valence-corrected chi connectivity index (χ1v) is 9.66. The second-order valence-corrected chi connectivity index (χ2v) is 6.99. The molecule has 4 rings (SSSR count). The third kappa shape index (κ3) is 4.20. The number of fused-ring (bicyclic) bond motifs is 1. The number of thioether (sulfide) groups is 1. The Bertz CT molecular complexity index is 1030. The van der Waals surface area contributed by atoms with Gasteiger partial charge in [-0.1, -0.05) is 72.4 Å². The molecule has 1 amide bonds. The van der Waals surface area contributed by atoms with Crippen LogP contribution in [0.2, 0.25) is 0 Å². The summed E-state index contributed by atoms with van der Waals surface area (Å²) in [7, 11) is 0. The number of hydrogen-bond acceptors (Lipinski definition) is 4.